The van der Waals surface area contributed by atoms with Gasteiger partial charge in [0.05, 0.1) is 5.69 Å². The van der Waals surface area contributed by atoms with Gasteiger partial charge in [-0.15, -0.1) is 0 Å². The highest BCUT2D eigenvalue weighted by Gasteiger charge is 2.38. The lowest BCUT2D eigenvalue weighted by molar-refractivity contribution is 0.360. The molecule has 1 aliphatic heterocycles. The van der Waals surface area contributed by atoms with Crippen LogP contribution in [0.4, 0.5) is 17.1 Å². The lowest BCUT2D eigenvalue weighted by atomic mass is 9.82. The molecule has 0 spiro atoms. The number of hydrogen-bond donors (Lipinski definition) is 0. The smallest absolute Gasteiger partial charge is 0.194 e. The second kappa shape index (κ2) is 10.4. The molecule has 0 atom stereocenters. The minimum absolute atomic E-state index is 0.149. The van der Waals surface area contributed by atoms with Crippen molar-refractivity contribution >= 4 is 39.0 Å². The van der Waals surface area contributed by atoms with E-state index in [4.69, 9.17) is 13.9 Å². The zero-order valence-electron chi connectivity index (χ0n) is 27.1. The number of anilines is 3. The van der Waals surface area contributed by atoms with Crippen molar-refractivity contribution in [3.63, 3.8) is 0 Å². The van der Waals surface area contributed by atoms with Gasteiger partial charge in [-0.25, -0.2) is 0 Å². The molecule has 0 N–H and O–H groups in total. The number of rotatable bonds is 4. The minimum atomic E-state index is -0.149. The SMILES string of the molecule is CC1(C)c2ccccc2-c2cc3c(cc21)Oc1c(cccc1N(c1ccccc1)c1cccc(-c2cccc4oc5ccccc5c24)c1)O3. The molecule has 0 radical (unpaired) electrons. The summed E-state index contributed by atoms with van der Waals surface area (Å²) in [5, 5.41) is 2.22. The van der Waals surface area contributed by atoms with Crippen LogP contribution < -0.4 is 14.4 Å². The number of para-hydroxylation sites is 3. The van der Waals surface area contributed by atoms with Crippen molar-refractivity contribution in [1.82, 2.24) is 0 Å². The van der Waals surface area contributed by atoms with Gasteiger partial charge in [0.2, 0.25) is 0 Å². The van der Waals surface area contributed by atoms with E-state index in [1.807, 2.05) is 36.4 Å². The van der Waals surface area contributed by atoms with Crippen molar-refractivity contribution < 1.29 is 13.9 Å². The molecule has 0 saturated heterocycles. The lowest BCUT2D eigenvalue weighted by Crippen LogP contribution is -2.15. The maximum absolute atomic E-state index is 6.88. The van der Waals surface area contributed by atoms with Gasteiger partial charge in [-0.05, 0) is 94.0 Å². The third-order valence-corrected chi connectivity index (χ3v) is 10.1. The van der Waals surface area contributed by atoms with Gasteiger partial charge in [0.15, 0.2) is 23.0 Å². The van der Waals surface area contributed by atoms with E-state index in [1.54, 1.807) is 0 Å². The summed E-state index contributed by atoms with van der Waals surface area (Å²) in [5.74, 6) is 2.81. The Labute approximate surface area is 284 Å². The quantitative estimate of drug-likeness (QED) is 0.193. The van der Waals surface area contributed by atoms with Gasteiger partial charge < -0.3 is 18.8 Å². The zero-order chi connectivity index (χ0) is 32.7. The highest BCUT2D eigenvalue weighted by atomic mass is 16.6. The van der Waals surface area contributed by atoms with E-state index in [-0.39, 0.29) is 5.41 Å². The van der Waals surface area contributed by atoms with E-state index < -0.39 is 0 Å². The van der Waals surface area contributed by atoms with Crippen LogP contribution in [0.15, 0.2) is 156 Å². The normalized spacial score (nSPS) is 13.6. The molecule has 0 amide bonds. The summed E-state index contributed by atoms with van der Waals surface area (Å²) in [6.07, 6.45) is 0. The Morgan fingerprint density at radius 2 is 1.20 bits per heavy atom. The molecule has 4 nitrogen and oxygen atoms in total. The molecule has 7 aromatic carbocycles. The summed E-state index contributed by atoms with van der Waals surface area (Å²) in [7, 11) is 0. The predicted octanol–water partition coefficient (Wildman–Crippen LogP) is 12.9. The molecule has 0 unspecified atom stereocenters. The number of fused-ring (bicyclic) bond motifs is 8. The maximum atomic E-state index is 6.88. The fourth-order valence-corrected chi connectivity index (χ4v) is 7.79. The van der Waals surface area contributed by atoms with E-state index in [9.17, 15) is 0 Å². The van der Waals surface area contributed by atoms with Gasteiger partial charge in [0, 0.05) is 27.6 Å². The topological polar surface area (TPSA) is 34.8 Å². The molecular weight excluding hydrogens is 602 g/mol. The number of benzene rings is 7. The van der Waals surface area contributed by atoms with Crippen LogP contribution in [0.1, 0.15) is 25.0 Å². The Morgan fingerprint density at radius 3 is 2.12 bits per heavy atom. The molecule has 10 rings (SSSR count). The van der Waals surface area contributed by atoms with Crippen molar-refractivity contribution in [2.24, 2.45) is 0 Å². The van der Waals surface area contributed by atoms with E-state index in [1.165, 1.54) is 22.3 Å². The first-order chi connectivity index (χ1) is 24.0. The van der Waals surface area contributed by atoms with Crippen LogP contribution in [-0.4, -0.2) is 0 Å². The summed E-state index contributed by atoms with van der Waals surface area (Å²) in [5.41, 5.74) is 11.8. The van der Waals surface area contributed by atoms with E-state index in [0.29, 0.717) is 11.5 Å². The van der Waals surface area contributed by atoms with Crippen molar-refractivity contribution in [2.75, 3.05) is 4.90 Å². The highest BCUT2D eigenvalue weighted by molar-refractivity contribution is 6.12. The van der Waals surface area contributed by atoms with Crippen LogP contribution in [0.5, 0.6) is 23.0 Å². The first kappa shape index (κ1) is 27.8. The molecule has 1 aliphatic carbocycles. The molecule has 0 fully saturated rings. The number of furan rings is 1. The second-order valence-electron chi connectivity index (χ2n) is 13.3. The standard InChI is InChI=1S/C45H31NO3/c1-45(2)35-20-8-6-17-32(35)34-26-41-42(27-36(34)45)49-44-37(21-12-24-40(44)48-41)46(29-14-4-3-5-15-29)30-16-10-13-28(25-30)31-19-11-23-39-43(31)33-18-7-9-22-38(33)47-39/h3-27H,1-2H3. The Morgan fingerprint density at radius 1 is 0.490 bits per heavy atom. The van der Waals surface area contributed by atoms with Crippen LogP contribution in [-0.2, 0) is 5.41 Å². The zero-order valence-corrected chi connectivity index (χ0v) is 27.1. The Bertz CT molecular complexity index is 2600. The second-order valence-corrected chi connectivity index (χ2v) is 13.3. The van der Waals surface area contributed by atoms with Crippen molar-refractivity contribution in [3.05, 3.63) is 163 Å². The maximum Gasteiger partial charge on any atom is 0.194 e. The van der Waals surface area contributed by atoms with Crippen molar-refractivity contribution in [2.45, 2.75) is 19.3 Å². The lowest BCUT2D eigenvalue weighted by Gasteiger charge is -2.31. The van der Waals surface area contributed by atoms with Gasteiger partial charge in [-0.3, -0.25) is 0 Å². The minimum Gasteiger partial charge on any atom is -0.456 e. The molecule has 0 saturated carbocycles. The number of ether oxygens (including phenoxy) is 2. The molecule has 49 heavy (non-hydrogen) atoms. The van der Waals surface area contributed by atoms with Gasteiger partial charge in [0.1, 0.15) is 11.2 Å². The van der Waals surface area contributed by atoms with Crippen LogP contribution in [0, 0.1) is 0 Å². The van der Waals surface area contributed by atoms with Crippen LogP contribution >= 0.6 is 0 Å². The number of nitrogens with zero attached hydrogens (tertiary/aromatic N) is 1. The first-order valence-corrected chi connectivity index (χ1v) is 16.7. The van der Waals surface area contributed by atoms with Gasteiger partial charge in [0.25, 0.3) is 0 Å². The fraction of sp³-hybridized carbons (Fsp3) is 0.0667. The summed E-state index contributed by atoms with van der Waals surface area (Å²) in [6.45, 7) is 4.56. The third kappa shape index (κ3) is 4.17. The van der Waals surface area contributed by atoms with Gasteiger partial charge >= 0.3 is 0 Å². The largest absolute Gasteiger partial charge is 0.456 e. The molecule has 4 heteroatoms. The number of hydrogen-bond acceptors (Lipinski definition) is 4. The Hall–Kier alpha value is -6.26. The summed E-state index contributed by atoms with van der Waals surface area (Å²) in [4.78, 5) is 2.25. The molecule has 2 aliphatic rings. The van der Waals surface area contributed by atoms with Crippen LogP contribution in [0.2, 0.25) is 0 Å². The molecular formula is C45H31NO3. The van der Waals surface area contributed by atoms with E-state index >= 15 is 0 Å². The summed E-state index contributed by atoms with van der Waals surface area (Å²) in [6, 6.07) is 52.7. The monoisotopic (exact) mass is 633 g/mol. The van der Waals surface area contributed by atoms with E-state index in [0.717, 1.165) is 61.6 Å². The van der Waals surface area contributed by atoms with E-state index in [2.05, 4.69) is 134 Å². The average molecular weight is 634 g/mol. The third-order valence-electron chi connectivity index (χ3n) is 10.1. The summed E-state index contributed by atoms with van der Waals surface area (Å²) >= 11 is 0. The average Bonchev–Trinajstić information content (AvgIpc) is 3.63. The van der Waals surface area contributed by atoms with Crippen molar-refractivity contribution in [1.29, 1.82) is 0 Å². The van der Waals surface area contributed by atoms with Crippen LogP contribution in [0.25, 0.3) is 44.2 Å². The predicted molar refractivity (Wildman–Crippen MR) is 198 cm³/mol. The molecule has 0 bridgehead atoms. The Balaban J connectivity index is 1.12. The molecule has 2 heterocycles. The Kier molecular flexibility index (Phi) is 5.89. The van der Waals surface area contributed by atoms with Crippen LogP contribution in [0.3, 0.4) is 0 Å². The highest BCUT2D eigenvalue weighted by Crippen LogP contribution is 2.57. The molecule has 8 aromatic rings. The first-order valence-electron chi connectivity index (χ1n) is 16.7. The fourth-order valence-electron chi connectivity index (χ4n) is 7.79. The molecule has 234 valence electrons. The summed E-state index contributed by atoms with van der Waals surface area (Å²) < 4.78 is 19.8. The van der Waals surface area contributed by atoms with Gasteiger partial charge in [-0.1, -0.05) is 105 Å². The van der Waals surface area contributed by atoms with Gasteiger partial charge in [-0.2, -0.15) is 0 Å². The molecule has 1 aromatic heterocycles. The van der Waals surface area contributed by atoms with Crippen molar-refractivity contribution in [3.8, 4) is 45.3 Å².